The van der Waals surface area contributed by atoms with Crippen molar-refractivity contribution in [2.24, 2.45) is 0 Å². The number of aromatic nitrogens is 1. The summed E-state index contributed by atoms with van der Waals surface area (Å²) in [7, 11) is 2.06. The van der Waals surface area contributed by atoms with Gasteiger partial charge >= 0.3 is 0 Å². The number of anilines is 1. The van der Waals surface area contributed by atoms with Crippen molar-refractivity contribution >= 4 is 21.7 Å². The Morgan fingerprint density at radius 2 is 1.85 bits per heavy atom. The quantitative estimate of drug-likeness (QED) is 0.747. The van der Waals surface area contributed by atoms with Gasteiger partial charge in [0.15, 0.2) is 0 Å². The number of likely N-dealkylation sites (N-methyl/N-ethyl adjacent to an activating group) is 1. The van der Waals surface area contributed by atoms with Crippen molar-refractivity contribution in [2.45, 2.75) is 12.6 Å². The molecule has 1 atom stereocenters. The molecule has 1 aliphatic rings. The summed E-state index contributed by atoms with van der Waals surface area (Å²) in [5.74, 6) is 1.02. The summed E-state index contributed by atoms with van der Waals surface area (Å²) in [6, 6.07) is 14.5. The lowest BCUT2D eigenvalue weighted by atomic mass is 10.2. The van der Waals surface area contributed by atoms with Gasteiger partial charge in [0.25, 0.3) is 0 Å². The minimum absolute atomic E-state index is 0.332. The molecule has 0 radical (unpaired) electrons. The number of hydrogen-bond acceptors (Lipinski definition) is 5. The summed E-state index contributed by atoms with van der Waals surface area (Å²) in [6.07, 6.45) is 1.51. The Bertz CT molecular complexity index is 659. The summed E-state index contributed by atoms with van der Waals surface area (Å²) < 4.78 is 1.00. The van der Waals surface area contributed by atoms with Crippen molar-refractivity contribution in [3.63, 3.8) is 0 Å². The maximum absolute atomic E-state index is 10.4. The van der Waals surface area contributed by atoms with Crippen molar-refractivity contribution in [1.82, 2.24) is 14.8 Å². The molecule has 1 unspecified atom stereocenters. The Labute approximate surface area is 164 Å². The van der Waals surface area contributed by atoms with Crippen LogP contribution in [0.1, 0.15) is 5.56 Å². The molecule has 0 saturated carbocycles. The Balaban J connectivity index is 1.40. The molecule has 3 rings (SSSR count). The average molecular weight is 419 g/mol. The van der Waals surface area contributed by atoms with Gasteiger partial charge < -0.3 is 10.0 Å². The molecule has 26 heavy (non-hydrogen) atoms. The van der Waals surface area contributed by atoms with E-state index in [0.29, 0.717) is 6.54 Å². The fourth-order valence-electron chi connectivity index (χ4n) is 3.39. The van der Waals surface area contributed by atoms with E-state index < -0.39 is 0 Å². The number of nitrogens with zero attached hydrogens (tertiary/aromatic N) is 4. The van der Waals surface area contributed by atoms with Crippen LogP contribution in [0, 0.1) is 0 Å². The van der Waals surface area contributed by atoms with Gasteiger partial charge in [-0.25, -0.2) is 4.98 Å². The third-order valence-electron chi connectivity index (χ3n) is 4.69. The fraction of sp³-hybridized carbons (Fsp3) is 0.450. The lowest BCUT2D eigenvalue weighted by Crippen LogP contribution is -2.50. The van der Waals surface area contributed by atoms with Gasteiger partial charge in [-0.3, -0.25) is 9.80 Å². The standard InChI is InChI=1S/C20H27BrN4O/c1-23(14-17-5-3-2-4-6-17)15-19(26)16-24-9-11-25(12-10-24)20-8-7-18(21)13-22-20/h2-8,13,19,26H,9-12,14-16H2,1H3. The van der Waals surface area contributed by atoms with Crippen molar-refractivity contribution in [3.8, 4) is 0 Å². The monoisotopic (exact) mass is 418 g/mol. The molecule has 0 amide bonds. The van der Waals surface area contributed by atoms with E-state index in [1.54, 1.807) is 0 Å². The normalized spacial score (nSPS) is 16.8. The van der Waals surface area contributed by atoms with Gasteiger partial charge in [0.2, 0.25) is 0 Å². The van der Waals surface area contributed by atoms with Crippen LogP contribution in [0.15, 0.2) is 53.1 Å². The number of benzene rings is 1. The smallest absolute Gasteiger partial charge is 0.128 e. The molecule has 2 heterocycles. The number of pyridine rings is 1. The molecule has 1 saturated heterocycles. The van der Waals surface area contributed by atoms with E-state index in [9.17, 15) is 5.11 Å². The van der Waals surface area contributed by atoms with Gasteiger partial charge in [0.05, 0.1) is 6.10 Å². The molecule has 6 heteroatoms. The number of piperazine rings is 1. The lowest BCUT2D eigenvalue weighted by molar-refractivity contribution is 0.0776. The second-order valence-corrected chi connectivity index (χ2v) is 7.87. The molecule has 1 fully saturated rings. The molecule has 0 aliphatic carbocycles. The van der Waals surface area contributed by atoms with Crippen molar-refractivity contribution in [2.75, 3.05) is 51.2 Å². The Morgan fingerprint density at radius 3 is 2.50 bits per heavy atom. The predicted octanol–water partition coefficient (Wildman–Crippen LogP) is 2.46. The first kappa shape index (κ1) is 19.3. The van der Waals surface area contributed by atoms with Crippen LogP contribution in [0.3, 0.4) is 0 Å². The molecule has 1 aromatic carbocycles. The second kappa shape index (κ2) is 9.46. The van der Waals surface area contributed by atoms with E-state index in [1.807, 2.05) is 24.4 Å². The Morgan fingerprint density at radius 1 is 1.12 bits per heavy atom. The average Bonchev–Trinajstić information content (AvgIpc) is 2.64. The van der Waals surface area contributed by atoms with Crippen molar-refractivity contribution in [3.05, 3.63) is 58.7 Å². The highest BCUT2D eigenvalue weighted by Crippen LogP contribution is 2.16. The van der Waals surface area contributed by atoms with Gasteiger partial charge in [-0.15, -0.1) is 0 Å². The number of halogens is 1. The van der Waals surface area contributed by atoms with Crippen molar-refractivity contribution < 1.29 is 5.11 Å². The van der Waals surface area contributed by atoms with Gasteiger partial charge in [0, 0.05) is 56.5 Å². The maximum Gasteiger partial charge on any atom is 0.128 e. The molecule has 5 nitrogen and oxygen atoms in total. The van der Waals surface area contributed by atoms with E-state index in [4.69, 9.17) is 0 Å². The fourth-order valence-corrected chi connectivity index (χ4v) is 3.62. The van der Waals surface area contributed by atoms with Crippen LogP contribution < -0.4 is 4.90 Å². The van der Waals surface area contributed by atoms with E-state index in [-0.39, 0.29) is 6.10 Å². The summed E-state index contributed by atoms with van der Waals surface area (Å²) in [4.78, 5) is 11.3. The third kappa shape index (κ3) is 5.77. The summed E-state index contributed by atoms with van der Waals surface area (Å²) in [6.45, 7) is 6.07. The topological polar surface area (TPSA) is 42.8 Å². The number of rotatable bonds is 7. The molecular weight excluding hydrogens is 392 g/mol. The lowest BCUT2D eigenvalue weighted by Gasteiger charge is -2.36. The first-order valence-corrected chi connectivity index (χ1v) is 9.89. The zero-order chi connectivity index (χ0) is 18.4. The van der Waals surface area contributed by atoms with Crippen LogP contribution in [-0.4, -0.2) is 72.3 Å². The first-order chi connectivity index (χ1) is 12.6. The molecular formula is C20H27BrN4O. The minimum Gasteiger partial charge on any atom is -0.390 e. The third-order valence-corrected chi connectivity index (χ3v) is 5.16. The highest BCUT2D eigenvalue weighted by Gasteiger charge is 2.20. The van der Waals surface area contributed by atoms with Gasteiger partial charge in [-0.05, 0) is 40.7 Å². The minimum atomic E-state index is -0.332. The van der Waals surface area contributed by atoms with Gasteiger partial charge in [0.1, 0.15) is 5.82 Å². The van der Waals surface area contributed by atoms with Gasteiger partial charge in [-0.1, -0.05) is 30.3 Å². The Hall–Kier alpha value is -1.47. The van der Waals surface area contributed by atoms with Crippen LogP contribution in [0.25, 0.3) is 0 Å². The number of hydrogen-bond donors (Lipinski definition) is 1. The van der Waals surface area contributed by atoms with Crippen LogP contribution in [0.5, 0.6) is 0 Å². The molecule has 1 aliphatic heterocycles. The molecule has 0 spiro atoms. The van der Waals surface area contributed by atoms with Crippen LogP contribution >= 0.6 is 15.9 Å². The van der Waals surface area contributed by atoms with Crippen molar-refractivity contribution in [1.29, 1.82) is 0 Å². The maximum atomic E-state index is 10.4. The molecule has 1 N–H and O–H groups in total. The SMILES string of the molecule is CN(Cc1ccccc1)CC(O)CN1CCN(c2ccc(Br)cn2)CC1. The molecule has 1 aromatic heterocycles. The molecule has 0 bridgehead atoms. The van der Waals surface area contributed by atoms with Crippen LogP contribution in [-0.2, 0) is 6.54 Å². The van der Waals surface area contributed by atoms with E-state index in [0.717, 1.165) is 49.6 Å². The molecule has 2 aromatic rings. The van der Waals surface area contributed by atoms with Crippen LogP contribution in [0.2, 0.25) is 0 Å². The van der Waals surface area contributed by atoms with E-state index >= 15 is 0 Å². The second-order valence-electron chi connectivity index (χ2n) is 6.96. The number of aliphatic hydroxyl groups excluding tert-OH is 1. The highest BCUT2D eigenvalue weighted by molar-refractivity contribution is 9.10. The van der Waals surface area contributed by atoms with E-state index in [2.05, 4.69) is 66.9 Å². The molecule has 140 valence electrons. The highest BCUT2D eigenvalue weighted by atomic mass is 79.9. The summed E-state index contributed by atoms with van der Waals surface area (Å²) in [5, 5.41) is 10.4. The largest absolute Gasteiger partial charge is 0.390 e. The first-order valence-electron chi connectivity index (χ1n) is 9.09. The number of β-amino-alcohol motifs (C(OH)–C–C–N with tert-alkyl or cyclic N) is 1. The van der Waals surface area contributed by atoms with Gasteiger partial charge in [-0.2, -0.15) is 0 Å². The van der Waals surface area contributed by atoms with E-state index in [1.165, 1.54) is 5.56 Å². The van der Waals surface area contributed by atoms with Crippen LogP contribution in [0.4, 0.5) is 5.82 Å². The zero-order valence-corrected chi connectivity index (χ0v) is 16.8. The Kier molecular flexibility index (Phi) is 7.02. The number of aliphatic hydroxyl groups is 1. The summed E-state index contributed by atoms with van der Waals surface area (Å²) in [5.41, 5.74) is 1.28. The predicted molar refractivity (Wildman–Crippen MR) is 109 cm³/mol. The summed E-state index contributed by atoms with van der Waals surface area (Å²) >= 11 is 3.43. The zero-order valence-electron chi connectivity index (χ0n) is 15.3.